The molecule has 0 aliphatic carbocycles. The van der Waals surface area contributed by atoms with Gasteiger partial charge in [0, 0.05) is 23.6 Å². The van der Waals surface area contributed by atoms with Crippen molar-refractivity contribution in [1.82, 2.24) is 10.3 Å². The number of pyridine rings is 1. The number of aryl methyl sites for hydroxylation is 2. The number of hydrogen-bond acceptors (Lipinski definition) is 4. The van der Waals surface area contributed by atoms with Crippen molar-refractivity contribution in [1.29, 1.82) is 0 Å². The fourth-order valence-electron chi connectivity index (χ4n) is 3.59. The smallest absolute Gasteiger partial charge is 0.261 e. The Morgan fingerprint density at radius 2 is 1.71 bits per heavy atom. The van der Waals surface area contributed by atoms with E-state index in [-0.39, 0.29) is 15.8 Å². The first-order chi connectivity index (χ1) is 16.2. The third kappa shape index (κ3) is 5.02. The number of anilines is 1. The van der Waals surface area contributed by atoms with E-state index in [1.54, 1.807) is 25.1 Å². The molecule has 4 aromatic rings. The van der Waals surface area contributed by atoms with Crippen LogP contribution in [0.5, 0.6) is 0 Å². The Morgan fingerprint density at radius 1 is 0.971 bits per heavy atom. The van der Waals surface area contributed by atoms with Crippen LogP contribution in [0.2, 0.25) is 0 Å². The van der Waals surface area contributed by atoms with Crippen LogP contribution >= 0.6 is 0 Å². The van der Waals surface area contributed by atoms with Gasteiger partial charge in [-0.25, -0.2) is 8.42 Å². The number of fused-ring (bicyclic) bond motifs is 1. The van der Waals surface area contributed by atoms with Crippen molar-refractivity contribution in [2.75, 3.05) is 11.3 Å². The Morgan fingerprint density at radius 3 is 2.44 bits per heavy atom. The number of para-hydroxylation sites is 1. The first-order valence-corrected chi connectivity index (χ1v) is 12.3. The third-order valence-electron chi connectivity index (χ3n) is 5.62. The molecule has 34 heavy (non-hydrogen) atoms. The second kappa shape index (κ2) is 9.52. The number of benzene rings is 3. The van der Waals surface area contributed by atoms with Gasteiger partial charge in [-0.2, -0.15) is 0 Å². The summed E-state index contributed by atoms with van der Waals surface area (Å²) in [5.41, 5.74) is 3.30. The molecule has 0 atom stereocenters. The highest BCUT2D eigenvalue weighted by atomic mass is 32.2. The summed E-state index contributed by atoms with van der Waals surface area (Å²) in [6.07, 6.45) is 1.98. The van der Waals surface area contributed by atoms with E-state index in [0.717, 1.165) is 16.7 Å². The predicted octanol–water partition coefficient (Wildman–Crippen LogP) is 3.92. The topological polar surface area (TPSA) is 108 Å². The van der Waals surface area contributed by atoms with Crippen LogP contribution in [0.15, 0.2) is 82.6 Å². The monoisotopic (exact) mass is 475 g/mol. The molecule has 0 fully saturated rings. The summed E-state index contributed by atoms with van der Waals surface area (Å²) in [4.78, 5) is 28.5. The van der Waals surface area contributed by atoms with Gasteiger partial charge < -0.3 is 10.3 Å². The molecule has 0 radical (unpaired) electrons. The lowest BCUT2D eigenvalue weighted by molar-refractivity contribution is 0.0953. The highest BCUT2D eigenvalue weighted by Gasteiger charge is 2.18. The zero-order chi connectivity index (χ0) is 24.3. The number of aromatic amines is 1. The third-order valence-corrected chi connectivity index (χ3v) is 6.98. The van der Waals surface area contributed by atoms with Crippen molar-refractivity contribution in [3.63, 3.8) is 0 Å². The van der Waals surface area contributed by atoms with E-state index < -0.39 is 21.4 Å². The highest BCUT2D eigenvalue weighted by molar-refractivity contribution is 7.92. The predicted molar refractivity (Wildman–Crippen MR) is 134 cm³/mol. The maximum Gasteiger partial charge on any atom is 0.261 e. The lowest BCUT2D eigenvalue weighted by Gasteiger charge is -2.11. The van der Waals surface area contributed by atoms with Crippen LogP contribution in [0.3, 0.4) is 0 Å². The summed E-state index contributed by atoms with van der Waals surface area (Å²) in [6, 6.07) is 19.2. The summed E-state index contributed by atoms with van der Waals surface area (Å²) in [5.74, 6) is -0.512. The zero-order valence-corrected chi connectivity index (χ0v) is 19.7. The molecule has 0 saturated heterocycles. The molecule has 4 rings (SSSR count). The van der Waals surface area contributed by atoms with E-state index >= 15 is 0 Å². The lowest BCUT2D eigenvalue weighted by Crippen LogP contribution is -2.30. The molecule has 0 aliphatic rings. The maximum atomic E-state index is 13.0. The molecule has 1 amide bonds. The number of aromatic nitrogens is 1. The minimum atomic E-state index is -3.93. The van der Waals surface area contributed by atoms with E-state index in [2.05, 4.69) is 15.0 Å². The van der Waals surface area contributed by atoms with Gasteiger partial charge >= 0.3 is 0 Å². The second-order valence-electron chi connectivity index (χ2n) is 8.15. The minimum Gasteiger partial charge on any atom is -0.360 e. The van der Waals surface area contributed by atoms with Crippen LogP contribution < -0.4 is 15.5 Å². The van der Waals surface area contributed by atoms with Gasteiger partial charge in [0.15, 0.2) is 0 Å². The van der Waals surface area contributed by atoms with Crippen molar-refractivity contribution in [3.8, 4) is 0 Å². The van der Waals surface area contributed by atoms with Crippen LogP contribution in [0.4, 0.5) is 5.69 Å². The van der Waals surface area contributed by atoms with E-state index in [9.17, 15) is 18.0 Å². The SMILES string of the molecule is Cc1ccc(CCNC(=O)c2c[nH]c3ccc(S(=O)(=O)Nc4ccccc4C)cc3c2=O)cc1. The molecule has 1 heterocycles. The number of carbonyl (C=O) groups is 1. The van der Waals surface area contributed by atoms with Gasteiger partial charge in [0.25, 0.3) is 15.9 Å². The fraction of sp³-hybridized carbons (Fsp3) is 0.154. The van der Waals surface area contributed by atoms with Gasteiger partial charge in [0.1, 0.15) is 5.56 Å². The molecule has 1 aromatic heterocycles. The Kier molecular flexibility index (Phi) is 6.51. The number of H-pyrrole nitrogens is 1. The molecular formula is C26H25N3O4S. The van der Waals surface area contributed by atoms with Crippen molar-refractivity contribution >= 4 is 32.5 Å². The van der Waals surface area contributed by atoms with Crippen LogP contribution in [0.25, 0.3) is 10.9 Å². The fourth-order valence-corrected chi connectivity index (χ4v) is 4.75. The largest absolute Gasteiger partial charge is 0.360 e. The molecule has 7 nitrogen and oxygen atoms in total. The van der Waals surface area contributed by atoms with Gasteiger partial charge in [0.2, 0.25) is 5.43 Å². The molecule has 3 N–H and O–H groups in total. The number of nitrogens with one attached hydrogen (secondary N) is 3. The van der Waals surface area contributed by atoms with E-state index in [4.69, 9.17) is 0 Å². The summed E-state index contributed by atoms with van der Waals surface area (Å²) >= 11 is 0. The Hall–Kier alpha value is -3.91. The van der Waals surface area contributed by atoms with Crippen molar-refractivity contribution in [3.05, 3.63) is 105 Å². The van der Waals surface area contributed by atoms with Crippen molar-refractivity contribution in [2.45, 2.75) is 25.2 Å². The van der Waals surface area contributed by atoms with Crippen LogP contribution in [0.1, 0.15) is 27.0 Å². The number of rotatable bonds is 7. The number of carbonyl (C=O) groups excluding carboxylic acids is 1. The summed E-state index contributed by atoms with van der Waals surface area (Å²) in [5, 5.41) is 2.89. The first kappa shape index (κ1) is 23.3. The summed E-state index contributed by atoms with van der Waals surface area (Å²) in [7, 11) is -3.93. The van der Waals surface area contributed by atoms with E-state index in [1.165, 1.54) is 24.4 Å². The van der Waals surface area contributed by atoms with E-state index in [0.29, 0.717) is 24.2 Å². The molecule has 174 valence electrons. The molecule has 8 heteroatoms. The molecule has 0 saturated carbocycles. The highest BCUT2D eigenvalue weighted by Crippen LogP contribution is 2.21. The quantitative estimate of drug-likeness (QED) is 0.376. The molecular weight excluding hydrogens is 450 g/mol. The Balaban J connectivity index is 1.56. The molecule has 0 unspecified atom stereocenters. The first-order valence-electron chi connectivity index (χ1n) is 10.8. The van der Waals surface area contributed by atoms with Crippen LogP contribution in [0, 0.1) is 13.8 Å². The normalized spacial score (nSPS) is 11.4. The molecule has 0 aliphatic heterocycles. The number of sulfonamides is 1. The van der Waals surface area contributed by atoms with Crippen molar-refractivity contribution in [2.24, 2.45) is 0 Å². The Labute approximate surface area is 197 Å². The van der Waals surface area contributed by atoms with Gasteiger partial charge in [0.05, 0.1) is 10.6 Å². The average molecular weight is 476 g/mol. The average Bonchev–Trinajstić information content (AvgIpc) is 2.82. The van der Waals surface area contributed by atoms with Crippen molar-refractivity contribution < 1.29 is 13.2 Å². The number of hydrogen-bond donors (Lipinski definition) is 3. The summed E-state index contributed by atoms with van der Waals surface area (Å²) in [6.45, 7) is 4.17. The zero-order valence-electron chi connectivity index (χ0n) is 18.9. The molecule has 0 spiro atoms. The van der Waals surface area contributed by atoms with E-state index in [1.807, 2.05) is 37.3 Å². The summed E-state index contributed by atoms with van der Waals surface area (Å²) < 4.78 is 28.4. The lowest BCUT2D eigenvalue weighted by atomic mass is 10.1. The van der Waals surface area contributed by atoms with Gasteiger partial charge in [-0.05, 0) is 55.7 Å². The Bertz CT molecular complexity index is 1520. The second-order valence-corrected chi connectivity index (χ2v) is 9.83. The molecule has 0 bridgehead atoms. The van der Waals surface area contributed by atoms with Crippen LogP contribution in [-0.2, 0) is 16.4 Å². The van der Waals surface area contributed by atoms with Gasteiger partial charge in [-0.1, -0.05) is 48.0 Å². The maximum absolute atomic E-state index is 13.0. The minimum absolute atomic E-state index is 0.0642. The standard InChI is InChI=1S/C26H25N3O4S/c1-17-7-9-19(10-8-17)13-14-27-26(31)22-16-28-24-12-11-20(15-21(24)25(22)30)34(32,33)29-23-6-4-3-5-18(23)2/h3-12,15-16,29H,13-14H2,1-2H3,(H,27,31)(H,28,30). The van der Waals surface area contributed by atoms with Gasteiger partial charge in [-0.15, -0.1) is 0 Å². The van der Waals surface area contributed by atoms with Gasteiger partial charge in [-0.3, -0.25) is 14.3 Å². The number of amides is 1. The van der Waals surface area contributed by atoms with Crippen LogP contribution in [-0.4, -0.2) is 25.9 Å². The molecule has 3 aromatic carbocycles.